The number of hydrogen-bond acceptors (Lipinski definition) is 5. The first-order valence-corrected chi connectivity index (χ1v) is 9.20. The molecule has 0 saturated carbocycles. The molecule has 0 aliphatic carbocycles. The lowest BCUT2D eigenvalue weighted by Gasteiger charge is -2.06. The average Bonchev–Trinajstić information content (AvgIpc) is 3.19. The minimum atomic E-state index is -0.495. The van der Waals surface area contributed by atoms with E-state index >= 15 is 0 Å². The van der Waals surface area contributed by atoms with E-state index in [1.807, 2.05) is 12.1 Å². The van der Waals surface area contributed by atoms with Gasteiger partial charge in [0.05, 0.1) is 17.7 Å². The van der Waals surface area contributed by atoms with E-state index in [2.05, 4.69) is 11.2 Å². The molecule has 0 aliphatic heterocycles. The van der Waals surface area contributed by atoms with Crippen molar-refractivity contribution in [3.63, 3.8) is 0 Å². The molecule has 0 bridgehead atoms. The van der Waals surface area contributed by atoms with E-state index in [9.17, 15) is 19.8 Å². The summed E-state index contributed by atoms with van der Waals surface area (Å²) in [4.78, 5) is 10.5. The predicted molar refractivity (Wildman–Crippen MR) is 112 cm³/mol. The fourth-order valence-electron chi connectivity index (χ4n) is 3.26. The van der Waals surface area contributed by atoms with Crippen LogP contribution in [0.25, 0.3) is 28.1 Å². The topological polar surface area (TPSA) is 94.0 Å². The third-order valence-corrected chi connectivity index (χ3v) is 4.79. The van der Waals surface area contributed by atoms with Crippen molar-refractivity contribution in [3.8, 4) is 39.9 Å². The minimum absolute atomic E-state index is 0.0662. The molecule has 0 spiro atoms. The van der Waals surface area contributed by atoms with E-state index in [1.165, 1.54) is 41.1 Å². The van der Waals surface area contributed by atoms with Crippen LogP contribution in [0.1, 0.15) is 5.69 Å². The molecule has 152 valence electrons. The molecule has 8 heteroatoms. The second-order valence-corrected chi connectivity index (χ2v) is 6.60. The number of nitro groups is 1. The molecule has 1 heterocycles. The lowest BCUT2D eigenvalue weighted by molar-refractivity contribution is -0.384. The Morgan fingerprint density at radius 2 is 1.61 bits per heavy atom. The maximum Gasteiger partial charge on any atom is 0.269 e. The SMILES string of the molecule is COc1ccc(-c2c(-c3ccc(F)cc3)nn(-c3ccc([N+](=O)[O-])cc3)c2C#N)cc1. The maximum absolute atomic E-state index is 13.5. The Morgan fingerprint density at radius 3 is 2.16 bits per heavy atom. The lowest BCUT2D eigenvalue weighted by Crippen LogP contribution is -2.00. The lowest BCUT2D eigenvalue weighted by atomic mass is 9.99. The van der Waals surface area contributed by atoms with E-state index in [0.717, 1.165) is 5.56 Å². The zero-order valence-corrected chi connectivity index (χ0v) is 16.3. The zero-order valence-electron chi connectivity index (χ0n) is 16.3. The van der Waals surface area contributed by atoms with Crippen LogP contribution in [0.5, 0.6) is 5.75 Å². The third-order valence-electron chi connectivity index (χ3n) is 4.79. The van der Waals surface area contributed by atoms with Crippen molar-refractivity contribution in [1.29, 1.82) is 5.26 Å². The van der Waals surface area contributed by atoms with Crippen LogP contribution in [0.4, 0.5) is 10.1 Å². The number of benzene rings is 3. The number of nitriles is 1. The molecule has 0 radical (unpaired) electrons. The molecule has 0 N–H and O–H groups in total. The molecule has 0 fully saturated rings. The van der Waals surface area contributed by atoms with Gasteiger partial charge in [0.25, 0.3) is 5.69 Å². The van der Waals surface area contributed by atoms with Gasteiger partial charge in [-0.2, -0.15) is 10.4 Å². The average molecular weight is 414 g/mol. The molecule has 0 unspecified atom stereocenters. The molecule has 4 aromatic rings. The molecule has 1 aromatic heterocycles. The van der Waals surface area contributed by atoms with Crippen LogP contribution >= 0.6 is 0 Å². The van der Waals surface area contributed by atoms with Crippen LogP contribution in [0.2, 0.25) is 0 Å². The van der Waals surface area contributed by atoms with Crippen LogP contribution in [0, 0.1) is 27.3 Å². The maximum atomic E-state index is 13.5. The Labute approximate surface area is 176 Å². The summed E-state index contributed by atoms with van der Waals surface area (Å²) < 4.78 is 20.1. The smallest absolute Gasteiger partial charge is 0.269 e. The number of ether oxygens (including phenoxy) is 1. The van der Waals surface area contributed by atoms with E-state index in [4.69, 9.17) is 4.74 Å². The van der Waals surface area contributed by atoms with E-state index in [1.54, 1.807) is 31.4 Å². The van der Waals surface area contributed by atoms with Crippen LogP contribution in [-0.2, 0) is 0 Å². The number of aromatic nitrogens is 2. The summed E-state index contributed by atoms with van der Waals surface area (Å²) in [5.41, 5.74) is 3.08. The van der Waals surface area contributed by atoms with Gasteiger partial charge < -0.3 is 4.74 Å². The number of nitrogens with zero attached hydrogens (tertiary/aromatic N) is 4. The number of methoxy groups -OCH3 is 1. The first kappa shape index (κ1) is 19.8. The summed E-state index contributed by atoms with van der Waals surface area (Å²) in [6.07, 6.45) is 0. The van der Waals surface area contributed by atoms with Crippen LogP contribution in [0.3, 0.4) is 0 Å². The van der Waals surface area contributed by atoms with Crippen molar-refractivity contribution < 1.29 is 14.1 Å². The summed E-state index contributed by atoms with van der Waals surface area (Å²) in [7, 11) is 1.56. The Morgan fingerprint density at radius 1 is 1.00 bits per heavy atom. The van der Waals surface area contributed by atoms with Gasteiger partial charge >= 0.3 is 0 Å². The third kappa shape index (κ3) is 3.72. The standard InChI is InChI=1S/C23H15FN4O3/c1-31-20-12-4-15(5-13-20)22-21(14-25)27(18-8-10-19(11-9-18)28(29)30)26-23(22)16-2-6-17(24)7-3-16/h2-13H,1H3. The number of non-ortho nitro benzene ring substituents is 1. The summed E-state index contributed by atoms with van der Waals surface area (Å²) in [5, 5.41) is 25.6. The molecular formula is C23H15FN4O3. The Hall–Kier alpha value is -4.51. The summed E-state index contributed by atoms with van der Waals surface area (Å²) in [5.74, 6) is 0.276. The quantitative estimate of drug-likeness (QED) is 0.333. The van der Waals surface area contributed by atoms with Gasteiger partial charge in [-0.3, -0.25) is 10.1 Å². The van der Waals surface area contributed by atoms with E-state index < -0.39 is 4.92 Å². The van der Waals surface area contributed by atoms with E-state index in [-0.39, 0.29) is 17.2 Å². The zero-order chi connectivity index (χ0) is 22.0. The monoisotopic (exact) mass is 414 g/mol. The van der Waals surface area contributed by atoms with Crippen molar-refractivity contribution in [2.45, 2.75) is 0 Å². The molecule has 3 aromatic carbocycles. The molecule has 0 saturated heterocycles. The van der Waals surface area contributed by atoms with Gasteiger partial charge in [-0.15, -0.1) is 0 Å². The second-order valence-electron chi connectivity index (χ2n) is 6.60. The van der Waals surface area contributed by atoms with Gasteiger partial charge in [0.1, 0.15) is 23.3 Å². The number of rotatable bonds is 5. The normalized spacial score (nSPS) is 10.5. The highest BCUT2D eigenvalue weighted by molar-refractivity contribution is 5.85. The molecule has 0 aliphatic rings. The van der Waals surface area contributed by atoms with Crippen molar-refractivity contribution in [2.24, 2.45) is 0 Å². The fraction of sp³-hybridized carbons (Fsp3) is 0.0435. The van der Waals surface area contributed by atoms with Gasteiger partial charge in [0.15, 0.2) is 5.69 Å². The van der Waals surface area contributed by atoms with Crippen molar-refractivity contribution in [2.75, 3.05) is 7.11 Å². The van der Waals surface area contributed by atoms with Crippen LogP contribution < -0.4 is 4.74 Å². The Balaban J connectivity index is 1.95. The van der Waals surface area contributed by atoms with Gasteiger partial charge in [0, 0.05) is 23.3 Å². The van der Waals surface area contributed by atoms with Crippen molar-refractivity contribution in [1.82, 2.24) is 9.78 Å². The predicted octanol–water partition coefficient (Wildman–Crippen LogP) is 5.13. The van der Waals surface area contributed by atoms with Gasteiger partial charge in [0.2, 0.25) is 0 Å². The largest absolute Gasteiger partial charge is 0.497 e. The highest BCUT2D eigenvalue weighted by atomic mass is 19.1. The highest BCUT2D eigenvalue weighted by Gasteiger charge is 2.22. The van der Waals surface area contributed by atoms with Gasteiger partial charge in [-0.1, -0.05) is 12.1 Å². The first-order chi connectivity index (χ1) is 15.0. The molecule has 0 atom stereocenters. The molecule has 7 nitrogen and oxygen atoms in total. The molecule has 0 amide bonds. The number of hydrogen-bond donors (Lipinski definition) is 0. The van der Waals surface area contributed by atoms with Gasteiger partial charge in [-0.05, 0) is 54.1 Å². The second kappa shape index (κ2) is 8.08. The summed E-state index contributed by atoms with van der Waals surface area (Å²) in [6, 6.07) is 20.9. The van der Waals surface area contributed by atoms with Crippen LogP contribution in [0.15, 0.2) is 72.8 Å². The summed E-state index contributed by atoms with van der Waals surface area (Å²) >= 11 is 0. The summed E-state index contributed by atoms with van der Waals surface area (Å²) in [6.45, 7) is 0. The Bertz CT molecular complexity index is 1290. The molecule has 4 rings (SSSR count). The molecular weight excluding hydrogens is 399 g/mol. The molecule has 31 heavy (non-hydrogen) atoms. The van der Waals surface area contributed by atoms with Gasteiger partial charge in [-0.25, -0.2) is 9.07 Å². The number of nitro benzene ring substituents is 1. The fourth-order valence-corrected chi connectivity index (χ4v) is 3.26. The highest BCUT2D eigenvalue weighted by Crippen LogP contribution is 2.36. The number of halogens is 1. The van der Waals surface area contributed by atoms with Crippen LogP contribution in [-0.4, -0.2) is 21.8 Å². The van der Waals surface area contributed by atoms with Crippen molar-refractivity contribution in [3.05, 3.63) is 94.4 Å². The van der Waals surface area contributed by atoms with Crippen molar-refractivity contribution >= 4 is 5.69 Å². The van der Waals surface area contributed by atoms with E-state index in [0.29, 0.717) is 28.3 Å². The Kier molecular flexibility index (Phi) is 5.16. The minimum Gasteiger partial charge on any atom is -0.497 e. The first-order valence-electron chi connectivity index (χ1n) is 9.20.